The number of amides is 1. The highest BCUT2D eigenvalue weighted by atomic mass is 32.2. The number of hydrogen-bond acceptors (Lipinski definition) is 4. The molecule has 0 spiro atoms. The van der Waals surface area contributed by atoms with E-state index in [1.807, 2.05) is 4.72 Å². The molecule has 2 N–H and O–H groups in total. The van der Waals surface area contributed by atoms with Gasteiger partial charge in [0.15, 0.2) is 11.6 Å². The maximum absolute atomic E-state index is 13.7. The van der Waals surface area contributed by atoms with Crippen LogP contribution in [-0.4, -0.2) is 27.5 Å². The van der Waals surface area contributed by atoms with E-state index >= 15 is 0 Å². The van der Waals surface area contributed by atoms with E-state index < -0.39 is 44.4 Å². The summed E-state index contributed by atoms with van der Waals surface area (Å²) in [5, 5.41) is 2.27. The number of methoxy groups -OCH3 is 1. The molecule has 0 heterocycles. The van der Waals surface area contributed by atoms with E-state index in [4.69, 9.17) is 4.74 Å². The van der Waals surface area contributed by atoms with E-state index in [2.05, 4.69) is 5.32 Å². The molecule has 28 heavy (non-hydrogen) atoms. The van der Waals surface area contributed by atoms with Crippen molar-refractivity contribution in [2.75, 3.05) is 12.4 Å². The lowest BCUT2D eigenvalue weighted by Gasteiger charge is -2.17. The van der Waals surface area contributed by atoms with E-state index in [9.17, 15) is 30.8 Å². The lowest BCUT2D eigenvalue weighted by Crippen LogP contribution is -2.42. The average molecular weight is 420 g/mol. The van der Waals surface area contributed by atoms with Crippen LogP contribution >= 0.6 is 0 Å². The number of carbonyl (C=O) groups excluding carboxylic acids is 1. The number of nitrogens with one attached hydrogen (secondary N) is 2. The van der Waals surface area contributed by atoms with Crippen LogP contribution in [0.15, 0.2) is 47.4 Å². The molecule has 152 valence electrons. The molecule has 0 aliphatic rings. The van der Waals surface area contributed by atoms with Gasteiger partial charge in [0.05, 0.1) is 23.6 Å². The van der Waals surface area contributed by atoms with Gasteiger partial charge in [-0.3, -0.25) is 4.79 Å². The van der Waals surface area contributed by atoms with Gasteiger partial charge >= 0.3 is 6.18 Å². The van der Waals surface area contributed by atoms with E-state index in [-0.39, 0.29) is 11.4 Å². The zero-order chi connectivity index (χ0) is 21.1. The Labute approximate surface area is 158 Å². The molecule has 0 saturated heterocycles. The van der Waals surface area contributed by atoms with Crippen LogP contribution in [0.25, 0.3) is 0 Å². The van der Waals surface area contributed by atoms with Gasteiger partial charge in [0.25, 0.3) is 0 Å². The number of rotatable bonds is 6. The lowest BCUT2D eigenvalue weighted by atomic mass is 10.2. The van der Waals surface area contributed by atoms with Crippen LogP contribution in [0.1, 0.15) is 12.5 Å². The minimum absolute atomic E-state index is 0.0186. The van der Waals surface area contributed by atoms with Gasteiger partial charge in [-0.25, -0.2) is 12.8 Å². The van der Waals surface area contributed by atoms with Crippen molar-refractivity contribution >= 4 is 21.6 Å². The third-order valence-corrected chi connectivity index (χ3v) is 5.23. The highest BCUT2D eigenvalue weighted by molar-refractivity contribution is 7.89. The molecule has 1 atom stereocenters. The van der Waals surface area contributed by atoms with E-state index in [1.165, 1.54) is 19.2 Å². The predicted octanol–water partition coefficient (Wildman–Crippen LogP) is 3.16. The van der Waals surface area contributed by atoms with Crippen molar-refractivity contribution in [3.05, 3.63) is 53.8 Å². The zero-order valence-electron chi connectivity index (χ0n) is 14.7. The third-order valence-electron chi connectivity index (χ3n) is 3.63. The Bertz CT molecular complexity index is 977. The normalized spacial score (nSPS) is 13.1. The highest BCUT2D eigenvalue weighted by Crippen LogP contribution is 2.34. The molecule has 0 bridgehead atoms. The molecule has 1 amide bonds. The monoisotopic (exact) mass is 420 g/mol. The van der Waals surface area contributed by atoms with Crippen molar-refractivity contribution in [1.82, 2.24) is 4.72 Å². The highest BCUT2D eigenvalue weighted by Gasteiger charge is 2.37. The van der Waals surface area contributed by atoms with Crippen LogP contribution in [0.4, 0.5) is 23.2 Å². The molecule has 0 unspecified atom stereocenters. The summed E-state index contributed by atoms with van der Waals surface area (Å²) < 4.78 is 84.1. The summed E-state index contributed by atoms with van der Waals surface area (Å²) in [7, 11) is -3.40. The van der Waals surface area contributed by atoms with Crippen LogP contribution < -0.4 is 14.8 Å². The summed E-state index contributed by atoms with van der Waals surface area (Å²) in [5.74, 6) is -1.71. The third kappa shape index (κ3) is 4.98. The Balaban J connectivity index is 2.19. The van der Waals surface area contributed by atoms with Gasteiger partial charge in [-0.05, 0) is 31.2 Å². The van der Waals surface area contributed by atoms with Crippen LogP contribution in [-0.2, 0) is 21.0 Å². The Hall–Kier alpha value is -2.66. The van der Waals surface area contributed by atoms with Crippen molar-refractivity contribution in [3.63, 3.8) is 0 Å². The topological polar surface area (TPSA) is 84.5 Å². The molecular weight excluding hydrogens is 404 g/mol. The Kier molecular flexibility index (Phi) is 6.30. The molecule has 2 aromatic carbocycles. The van der Waals surface area contributed by atoms with Crippen LogP contribution in [0.5, 0.6) is 5.75 Å². The molecule has 0 aliphatic heterocycles. The second-order valence-electron chi connectivity index (χ2n) is 5.68. The molecule has 0 radical (unpaired) electrons. The molecule has 0 aromatic heterocycles. The smallest absolute Gasteiger partial charge is 0.417 e. The van der Waals surface area contributed by atoms with Gasteiger partial charge in [-0.1, -0.05) is 12.1 Å². The molecule has 2 aromatic rings. The van der Waals surface area contributed by atoms with Gasteiger partial charge in [0, 0.05) is 11.8 Å². The minimum Gasteiger partial charge on any atom is -0.494 e. The van der Waals surface area contributed by atoms with Gasteiger partial charge in [0.2, 0.25) is 15.9 Å². The first-order chi connectivity index (χ1) is 13.0. The molecule has 2 rings (SSSR count). The number of carbonyl (C=O) groups is 1. The number of alkyl halides is 3. The predicted molar refractivity (Wildman–Crippen MR) is 92.8 cm³/mol. The van der Waals surface area contributed by atoms with Crippen LogP contribution in [0.3, 0.4) is 0 Å². The average Bonchev–Trinajstić information content (AvgIpc) is 2.60. The number of halogens is 4. The molecule has 6 nitrogen and oxygen atoms in total. The molecule has 0 aliphatic carbocycles. The van der Waals surface area contributed by atoms with E-state index in [1.54, 1.807) is 0 Å². The van der Waals surface area contributed by atoms with Gasteiger partial charge in [-0.2, -0.15) is 17.9 Å². The van der Waals surface area contributed by atoms with Crippen LogP contribution in [0.2, 0.25) is 0 Å². The number of hydrogen-bond donors (Lipinski definition) is 2. The first-order valence-electron chi connectivity index (χ1n) is 7.78. The van der Waals surface area contributed by atoms with Crippen molar-refractivity contribution in [3.8, 4) is 5.75 Å². The number of ether oxygens (including phenoxy) is 1. The van der Waals surface area contributed by atoms with Crippen LogP contribution in [0, 0.1) is 5.82 Å². The van der Waals surface area contributed by atoms with Crippen molar-refractivity contribution in [2.45, 2.75) is 24.0 Å². The molecule has 11 heteroatoms. The standard InChI is InChI=1S/C17H16F4N2O4S/c1-10(16(24)22-11-7-8-14(27-2)13(18)9-11)23-28(25,26)15-6-4-3-5-12(15)17(19,20)21/h3-10,23H,1-2H3,(H,22,24)/t10-/m0/s1. The molecule has 0 saturated carbocycles. The number of benzene rings is 2. The van der Waals surface area contributed by atoms with E-state index in [0.717, 1.165) is 31.2 Å². The second-order valence-corrected chi connectivity index (χ2v) is 7.36. The first-order valence-corrected chi connectivity index (χ1v) is 9.27. The van der Waals surface area contributed by atoms with Gasteiger partial charge < -0.3 is 10.1 Å². The summed E-state index contributed by atoms with van der Waals surface area (Å²) in [4.78, 5) is 11.2. The molecular formula is C17H16F4N2O4S. The van der Waals surface area contributed by atoms with Gasteiger partial charge in [0.1, 0.15) is 0 Å². The fourth-order valence-corrected chi connectivity index (χ4v) is 3.71. The lowest BCUT2D eigenvalue weighted by molar-refractivity contribution is -0.139. The van der Waals surface area contributed by atoms with E-state index in [0.29, 0.717) is 6.07 Å². The SMILES string of the molecule is COc1ccc(NC(=O)[C@H](C)NS(=O)(=O)c2ccccc2C(F)(F)F)cc1F. The maximum Gasteiger partial charge on any atom is 0.417 e. The summed E-state index contributed by atoms with van der Waals surface area (Å²) >= 11 is 0. The molecule has 0 fully saturated rings. The Morgan fingerprint density at radius 2 is 1.79 bits per heavy atom. The number of anilines is 1. The van der Waals surface area contributed by atoms with Crippen molar-refractivity contribution in [2.24, 2.45) is 0 Å². The Morgan fingerprint density at radius 1 is 1.14 bits per heavy atom. The fraction of sp³-hybridized carbons (Fsp3) is 0.235. The van der Waals surface area contributed by atoms with Crippen molar-refractivity contribution < 1.29 is 35.5 Å². The second kappa shape index (κ2) is 8.15. The minimum atomic E-state index is -4.89. The van der Waals surface area contributed by atoms with Gasteiger partial charge in [-0.15, -0.1) is 0 Å². The fourth-order valence-electron chi connectivity index (χ4n) is 2.28. The summed E-state index contributed by atoms with van der Waals surface area (Å²) in [5.41, 5.74) is -1.34. The Morgan fingerprint density at radius 3 is 2.36 bits per heavy atom. The summed E-state index contributed by atoms with van der Waals surface area (Å²) in [6.07, 6.45) is -4.89. The maximum atomic E-state index is 13.7. The largest absolute Gasteiger partial charge is 0.494 e. The van der Waals surface area contributed by atoms with Crippen molar-refractivity contribution in [1.29, 1.82) is 0 Å². The summed E-state index contributed by atoms with van der Waals surface area (Å²) in [6.45, 7) is 1.14. The quantitative estimate of drug-likeness (QED) is 0.704. The summed E-state index contributed by atoms with van der Waals surface area (Å²) in [6, 6.07) is 5.69. The zero-order valence-corrected chi connectivity index (χ0v) is 15.5. The number of sulfonamides is 1. The first kappa shape index (κ1) is 21.6.